The number of hydrogen-bond acceptors (Lipinski definition) is 12. The number of carbonyl (C=O) groups is 4. The Kier molecular flexibility index (Phi) is 9.01. The first-order chi connectivity index (χ1) is 21.7. The van der Waals surface area contributed by atoms with Crippen LogP contribution in [0.15, 0.2) is 67.0 Å². The molecule has 1 fully saturated rings. The van der Waals surface area contributed by atoms with Gasteiger partial charge in [0.1, 0.15) is 12.4 Å². The van der Waals surface area contributed by atoms with Gasteiger partial charge in [-0.25, -0.2) is 19.5 Å². The predicted molar refractivity (Wildman–Crippen MR) is 159 cm³/mol. The predicted octanol–water partition coefficient (Wildman–Crippen LogP) is 3.54. The second-order valence-electron chi connectivity index (χ2n) is 9.81. The zero-order chi connectivity index (χ0) is 32.1. The van der Waals surface area contributed by atoms with E-state index in [0.717, 1.165) is 0 Å². The van der Waals surface area contributed by atoms with Gasteiger partial charge >= 0.3 is 18.0 Å². The maximum Gasteiger partial charge on any atom is 0.425 e. The largest absolute Gasteiger partial charge is 0.465 e. The van der Waals surface area contributed by atoms with Crippen molar-refractivity contribution in [1.29, 1.82) is 0 Å². The molecule has 1 aliphatic heterocycles. The number of anilines is 3. The summed E-state index contributed by atoms with van der Waals surface area (Å²) in [7, 11) is 1.48. The number of imidazole rings is 1. The van der Waals surface area contributed by atoms with Crippen LogP contribution in [0.25, 0.3) is 11.2 Å². The van der Waals surface area contributed by atoms with Gasteiger partial charge in [-0.1, -0.05) is 36.4 Å². The summed E-state index contributed by atoms with van der Waals surface area (Å²) in [6, 6.07) is 16.7. The van der Waals surface area contributed by atoms with E-state index in [1.165, 1.54) is 34.8 Å². The first kappa shape index (κ1) is 31.0. The van der Waals surface area contributed by atoms with Gasteiger partial charge in [0.15, 0.2) is 11.2 Å². The Morgan fingerprint density at radius 3 is 2.18 bits per heavy atom. The molecule has 0 aliphatic carbocycles. The lowest BCUT2D eigenvalue weighted by Crippen LogP contribution is -2.43. The maximum absolute atomic E-state index is 13.8. The third-order valence-corrected chi connectivity index (χ3v) is 6.79. The van der Waals surface area contributed by atoms with Crippen molar-refractivity contribution >= 4 is 52.4 Å². The smallest absolute Gasteiger partial charge is 0.425 e. The van der Waals surface area contributed by atoms with Gasteiger partial charge in [0.05, 0.1) is 24.6 Å². The highest BCUT2D eigenvalue weighted by molar-refractivity contribution is 5.98. The van der Waals surface area contributed by atoms with E-state index in [4.69, 9.17) is 19.0 Å². The maximum atomic E-state index is 13.8. The number of rotatable bonds is 9. The number of nitrogens with one attached hydrogen (secondary N) is 1. The number of esters is 2. The van der Waals surface area contributed by atoms with E-state index in [9.17, 15) is 19.2 Å². The number of aromatic nitrogens is 4. The fourth-order valence-electron chi connectivity index (χ4n) is 4.87. The Labute approximate surface area is 257 Å². The number of ether oxygens (including phenoxy) is 3. The third-order valence-electron chi connectivity index (χ3n) is 6.79. The van der Waals surface area contributed by atoms with Gasteiger partial charge in [0, 0.05) is 20.4 Å². The molecule has 1 N–H and O–H groups in total. The molecule has 0 bridgehead atoms. The molecule has 0 unspecified atom stereocenters. The number of hydroxylamine groups is 2. The molecule has 3 heterocycles. The topological polar surface area (TPSA) is 167 Å². The lowest BCUT2D eigenvalue weighted by Gasteiger charge is -2.27. The van der Waals surface area contributed by atoms with Crippen LogP contribution >= 0.6 is 0 Å². The van der Waals surface area contributed by atoms with Gasteiger partial charge in [-0.3, -0.25) is 24.3 Å². The Hall–Kier alpha value is -5.41. The summed E-state index contributed by atoms with van der Waals surface area (Å²) in [6.07, 6.45) is 0.172. The normalized spacial score (nSPS) is 17.9. The summed E-state index contributed by atoms with van der Waals surface area (Å²) < 4.78 is 17.6. The molecule has 2 amide bonds. The molecule has 1 saturated heterocycles. The zero-order valence-corrected chi connectivity index (χ0v) is 25.0. The fraction of sp³-hybridized carbons (Fsp3) is 0.300. The van der Waals surface area contributed by atoms with Crippen molar-refractivity contribution in [2.75, 3.05) is 30.5 Å². The highest BCUT2D eigenvalue weighted by Crippen LogP contribution is 2.39. The van der Waals surface area contributed by atoms with Gasteiger partial charge in [-0.15, -0.1) is 0 Å². The fourth-order valence-corrected chi connectivity index (χ4v) is 4.87. The minimum absolute atomic E-state index is 0.00809. The lowest BCUT2D eigenvalue weighted by atomic mass is 10.0. The summed E-state index contributed by atoms with van der Waals surface area (Å²) >= 11 is 0. The van der Waals surface area contributed by atoms with Crippen LogP contribution in [0.4, 0.5) is 22.1 Å². The summed E-state index contributed by atoms with van der Waals surface area (Å²) in [5.41, 5.74) is -1.01. The van der Waals surface area contributed by atoms with Crippen LogP contribution in [-0.2, 0) is 34.4 Å². The van der Waals surface area contributed by atoms with Crippen LogP contribution in [0.3, 0.4) is 0 Å². The van der Waals surface area contributed by atoms with E-state index < -0.39 is 35.7 Å². The van der Waals surface area contributed by atoms with Crippen molar-refractivity contribution in [3.8, 4) is 5.88 Å². The Balaban J connectivity index is 1.63. The van der Waals surface area contributed by atoms with E-state index in [1.807, 2.05) is 12.1 Å². The standard InChI is InChI=1S/C30H31N7O8/c1-5-42-26(39)22-17-30(45-35(22)4,27(40)43-6-2)36-18-31-23-24(36)33-28(32-19(3)38)34-25(23)44-29(41)37(20-13-9-7-10-14-20)21-15-11-8-12-16-21/h7-16,18,22H,5-6,17H2,1-4H3,(H,32,33,34,38)/t22-,30+/m1/s1. The van der Waals surface area contributed by atoms with Crippen molar-refractivity contribution in [3.63, 3.8) is 0 Å². The van der Waals surface area contributed by atoms with E-state index >= 15 is 0 Å². The number of carbonyl (C=O) groups excluding carboxylic acids is 4. The number of amides is 2. The van der Waals surface area contributed by atoms with Crippen LogP contribution < -0.4 is 15.0 Å². The minimum atomic E-state index is -1.96. The first-order valence-electron chi connectivity index (χ1n) is 14.1. The van der Waals surface area contributed by atoms with Gasteiger partial charge in [-0.2, -0.15) is 15.0 Å². The highest BCUT2D eigenvalue weighted by atomic mass is 16.7. The number of hydrogen-bond donors (Lipinski definition) is 1. The van der Waals surface area contributed by atoms with Gasteiger partial charge in [0.25, 0.3) is 11.6 Å². The average molecular weight is 618 g/mol. The Morgan fingerprint density at radius 1 is 0.978 bits per heavy atom. The molecule has 2 atom stereocenters. The molecular weight excluding hydrogens is 586 g/mol. The molecule has 4 aromatic rings. The molecule has 2 aromatic carbocycles. The Morgan fingerprint density at radius 2 is 1.60 bits per heavy atom. The molecule has 15 nitrogen and oxygen atoms in total. The SMILES string of the molecule is CCOC(=O)[C@H]1C[C@](C(=O)OCC)(n2cnc3c(OC(=O)N(c4ccccc4)c4ccccc4)nc(NC(C)=O)nc32)ON1C. The molecule has 0 spiro atoms. The molecular formula is C30H31N7O8. The van der Waals surface area contributed by atoms with Crippen molar-refractivity contribution < 1.29 is 38.2 Å². The lowest BCUT2D eigenvalue weighted by molar-refractivity contribution is -0.236. The van der Waals surface area contributed by atoms with E-state index in [0.29, 0.717) is 11.4 Å². The average Bonchev–Trinajstić information content (AvgIpc) is 3.60. The number of likely N-dealkylation sites (N-methyl/N-ethyl adjacent to an activating group) is 1. The van der Waals surface area contributed by atoms with Crippen LogP contribution in [0.1, 0.15) is 27.2 Å². The molecule has 2 aromatic heterocycles. The molecule has 0 radical (unpaired) electrons. The van der Waals surface area contributed by atoms with Crippen molar-refractivity contribution in [2.24, 2.45) is 0 Å². The third kappa shape index (κ3) is 6.16. The summed E-state index contributed by atoms with van der Waals surface area (Å²) in [6.45, 7) is 4.67. The summed E-state index contributed by atoms with van der Waals surface area (Å²) in [5.74, 6) is -2.50. The van der Waals surface area contributed by atoms with E-state index in [-0.39, 0.29) is 42.6 Å². The molecule has 5 rings (SSSR count). The van der Waals surface area contributed by atoms with Gasteiger partial charge in [-0.05, 0) is 38.1 Å². The first-order valence-corrected chi connectivity index (χ1v) is 14.1. The second kappa shape index (κ2) is 13.1. The van der Waals surface area contributed by atoms with E-state index in [1.54, 1.807) is 62.4 Å². The summed E-state index contributed by atoms with van der Waals surface area (Å²) in [5, 5.41) is 3.69. The van der Waals surface area contributed by atoms with E-state index in [2.05, 4.69) is 20.3 Å². The zero-order valence-electron chi connectivity index (χ0n) is 25.0. The molecule has 234 valence electrons. The molecule has 15 heteroatoms. The molecule has 0 saturated carbocycles. The quantitative estimate of drug-likeness (QED) is 0.272. The second-order valence-corrected chi connectivity index (χ2v) is 9.81. The number of benzene rings is 2. The van der Waals surface area contributed by atoms with Crippen LogP contribution in [0.5, 0.6) is 5.88 Å². The minimum Gasteiger partial charge on any atom is -0.465 e. The summed E-state index contributed by atoms with van der Waals surface area (Å²) in [4.78, 5) is 72.5. The van der Waals surface area contributed by atoms with Crippen LogP contribution in [0, 0.1) is 0 Å². The molecule has 45 heavy (non-hydrogen) atoms. The number of nitrogens with zero attached hydrogens (tertiary/aromatic N) is 6. The van der Waals surface area contributed by atoms with Crippen molar-refractivity contribution in [3.05, 3.63) is 67.0 Å². The van der Waals surface area contributed by atoms with Crippen LogP contribution in [0.2, 0.25) is 0 Å². The number of para-hydroxylation sites is 2. The van der Waals surface area contributed by atoms with Crippen LogP contribution in [-0.4, -0.2) is 74.8 Å². The Bertz CT molecular complexity index is 1680. The number of fused-ring (bicyclic) bond motifs is 1. The molecule has 1 aliphatic rings. The van der Waals surface area contributed by atoms with Gasteiger partial charge in [0.2, 0.25) is 11.9 Å². The monoisotopic (exact) mass is 617 g/mol. The van der Waals surface area contributed by atoms with Gasteiger partial charge < -0.3 is 14.2 Å². The highest BCUT2D eigenvalue weighted by Gasteiger charge is 2.56. The van der Waals surface area contributed by atoms with Crippen molar-refractivity contribution in [2.45, 2.75) is 39.0 Å². The van der Waals surface area contributed by atoms with Crippen molar-refractivity contribution in [1.82, 2.24) is 24.6 Å².